The summed E-state index contributed by atoms with van der Waals surface area (Å²) in [5.74, 6) is -2.97. The Balaban J connectivity index is 1.70. The van der Waals surface area contributed by atoms with Gasteiger partial charge < -0.3 is 25.3 Å². The van der Waals surface area contributed by atoms with Crippen LogP contribution in [0.2, 0.25) is 0 Å². The maximum Gasteiger partial charge on any atom is 0.312 e. The zero-order chi connectivity index (χ0) is 20.0. The van der Waals surface area contributed by atoms with Gasteiger partial charge >= 0.3 is 11.9 Å². The fraction of sp³-hybridized carbons (Fsp3) is 0.444. The molecule has 3 rings (SSSR count). The average Bonchev–Trinajstić information content (AvgIpc) is 3.12. The van der Waals surface area contributed by atoms with Gasteiger partial charge in [0.1, 0.15) is 10.8 Å². The molecule has 1 aromatic rings. The summed E-state index contributed by atoms with van der Waals surface area (Å²) in [5.41, 5.74) is -1.95. The van der Waals surface area contributed by atoms with Crippen LogP contribution in [0.3, 0.4) is 0 Å². The predicted molar refractivity (Wildman–Crippen MR) is 94.3 cm³/mol. The third-order valence-electron chi connectivity index (χ3n) is 5.30. The lowest BCUT2D eigenvalue weighted by atomic mass is 9.97. The molecule has 27 heavy (non-hydrogen) atoms. The molecule has 2 fully saturated rings. The number of nitrogens with zero attached hydrogens (tertiary/aromatic N) is 2. The number of hydrogen-bond acceptors (Lipinski definition) is 5. The van der Waals surface area contributed by atoms with E-state index in [1.54, 1.807) is 31.1 Å². The lowest BCUT2D eigenvalue weighted by Gasteiger charge is -2.20. The van der Waals surface area contributed by atoms with Crippen LogP contribution >= 0.6 is 0 Å². The number of aliphatic carboxylic acids is 2. The number of carbonyl (C=O) groups is 4. The summed E-state index contributed by atoms with van der Waals surface area (Å²) in [6.45, 7) is -0.00736. The van der Waals surface area contributed by atoms with Gasteiger partial charge in [0.05, 0.1) is 6.54 Å². The molecule has 144 valence electrons. The highest BCUT2D eigenvalue weighted by Gasteiger charge is 2.81. The number of likely N-dealkylation sites (N-methyl/N-ethyl adjacent to an activating group) is 1. The lowest BCUT2D eigenvalue weighted by Crippen LogP contribution is -2.34. The van der Waals surface area contributed by atoms with Crippen LogP contribution < -0.4 is 5.32 Å². The van der Waals surface area contributed by atoms with E-state index in [9.17, 15) is 29.4 Å². The van der Waals surface area contributed by atoms with Crippen LogP contribution in [-0.4, -0.2) is 77.5 Å². The number of likely N-dealkylation sites (tertiary alicyclic amines) is 1. The van der Waals surface area contributed by atoms with Gasteiger partial charge in [-0.1, -0.05) is 0 Å². The molecular weight excluding hydrogens is 354 g/mol. The van der Waals surface area contributed by atoms with Crippen LogP contribution in [0.4, 0.5) is 5.69 Å². The number of carboxylic acids is 2. The van der Waals surface area contributed by atoms with E-state index >= 15 is 0 Å². The predicted octanol–water partition coefficient (Wildman–Crippen LogP) is 0.188. The Morgan fingerprint density at radius 1 is 1.04 bits per heavy atom. The van der Waals surface area contributed by atoms with E-state index in [1.165, 1.54) is 17.0 Å². The quantitative estimate of drug-likeness (QED) is 0.647. The monoisotopic (exact) mass is 375 g/mol. The van der Waals surface area contributed by atoms with E-state index in [0.717, 1.165) is 0 Å². The molecule has 0 bridgehead atoms. The van der Waals surface area contributed by atoms with Crippen molar-refractivity contribution in [1.82, 2.24) is 9.80 Å². The molecule has 2 amide bonds. The normalized spacial score (nSPS) is 25.8. The Morgan fingerprint density at radius 2 is 1.56 bits per heavy atom. The Bertz CT molecular complexity index is 793. The van der Waals surface area contributed by atoms with Gasteiger partial charge in [-0.05, 0) is 44.8 Å². The summed E-state index contributed by atoms with van der Waals surface area (Å²) in [6.07, 6.45) is 0.0469. The molecule has 2 aliphatic rings. The highest BCUT2D eigenvalue weighted by atomic mass is 16.4. The molecule has 1 aliphatic heterocycles. The SMILES string of the molecule is CN(C)CC(=O)Nc1ccc(C(=O)N2C[C@@]3(C(=O)O)C[C@@]3(C(=O)O)C2)cc1. The van der Waals surface area contributed by atoms with E-state index in [-0.39, 0.29) is 32.0 Å². The van der Waals surface area contributed by atoms with Crippen molar-refractivity contribution in [2.24, 2.45) is 10.8 Å². The van der Waals surface area contributed by atoms with E-state index < -0.39 is 28.7 Å². The summed E-state index contributed by atoms with van der Waals surface area (Å²) >= 11 is 0. The van der Waals surface area contributed by atoms with Crippen molar-refractivity contribution in [3.05, 3.63) is 29.8 Å². The number of rotatable bonds is 6. The third-order valence-corrected chi connectivity index (χ3v) is 5.30. The molecule has 1 saturated carbocycles. The minimum atomic E-state index is -1.39. The van der Waals surface area contributed by atoms with Crippen LogP contribution in [0.1, 0.15) is 16.8 Å². The van der Waals surface area contributed by atoms with Crippen LogP contribution in [0.15, 0.2) is 24.3 Å². The molecule has 9 nitrogen and oxygen atoms in total. The maximum atomic E-state index is 12.7. The fourth-order valence-electron chi connectivity index (χ4n) is 3.80. The minimum Gasteiger partial charge on any atom is -0.481 e. The molecule has 1 aromatic carbocycles. The summed E-state index contributed by atoms with van der Waals surface area (Å²) in [4.78, 5) is 50.5. The second-order valence-corrected chi connectivity index (χ2v) is 7.48. The number of carboxylic acid groups (broad SMARTS) is 2. The smallest absolute Gasteiger partial charge is 0.312 e. The van der Waals surface area contributed by atoms with E-state index in [4.69, 9.17) is 0 Å². The number of hydrogen-bond donors (Lipinski definition) is 3. The van der Waals surface area contributed by atoms with Crippen molar-refractivity contribution in [3.63, 3.8) is 0 Å². The van der Waals surface area contributed by atoms with Gasteiger partial charge in [-0.2, -0.15) is 0 Å². The van der Waals surface area contributed by atoms with Gasteiger partial charge in [0.2, 0.25) is 5.91 Å². The molecule has 0 unspecified atom stereocenters. The van der Waals surface area contributed by atoms with E-state index in [1.807, 2.05) is 0 Å². The number of amides is 2. The number of piperidine rings is 1. The van der Waals surface area contributed by atoms with Crippen LogP contribution in [0.5, 0.6) is 0 Å². The summed E-state index contributed by atoms with van der Waals surface area (Å²) in [5, 5.41) is 21.6. The van der Waals surface area contributed by atoms with Crippen LogP contribution in [0.25, 0.3) is 0 Å². The van der Waals surface area contributed by atoms with Crippen molar-refractivity contribution in [2.75, 3.05) is 39.0 Å². The van der Waals surface area contributed by atoms with Crippen molar-refractivity contribution >= 4 is 29.4 Å². The standard InChI is InChI=1S/C18H21N3O6/c1-20(2)7-13(22)19-12-5-3-11(4-6-12)14(23)21-9-17(15(24)25)8-18(17,10-21)16(26)27/h3-6H,7-10H2,1-2H3,(H,19,22)(H,24,25)(H,26,27)/t17-,18+. The number of carbonyl (C=O) groups excluding carboxylic acids is 2. The first-order valence-corrected chi connectivity index (χ1v) is 8.42. The van der Waals surface area contributed by atoms with Crippen molar-refractivity contribution in [3.8, 4) is 0 Å². The van der Waals surface area contributed by atoms with Gasteiger partial charge in [-0.3, -0.25) is 19.2 Å². The summed E-state index contributed by atoms with van der Waals surface area (Å²) in [6, 6.07) is 6.21. The highest BCUT2D eigenvalue weighted by Crippen LogP contribution is 2.68. The first-order chi connectivity index (χ1) is 12.6. The Labute approximate surface area is 155 Å². The summed E-state index contributed by atoms with van der Waals surface area (Å²) < 4.78 is 0. The third kappa shape index (κ3) is 3.03. The molecule has 0 spiro atoms. The van der Waals surface area contributed by atoms with E-state index in [2.05, 4.69) is 5.32 Å². The first-order valence-electron chi connectivity index (χ1n) is 8.42. The molecule has 0 aromatic heterocycles. The second-order valence-electron chi connectivity index (χ2n) is 7.48. The van der Waals surface area contributed by atoms with Gasteiger partial charge in [-0.15, -0.1) is 0 Å². The van der Waals surface area contributed by atoms with Crippen molar-refractivity contribution in [1.29, 1.82) is 0 Å². The Morgan fingerprint density at radius 3 is 2.00 bits per heavy atom. The van der Waals surface area contributed by atoms with Gasteiger partial charge in [0.15, 0.2) is 0 Å². The van der Waals surface area contributed by atoms with Crippen LogP contribution in [-0.2, 0) is 14.4 Å². The van der Waals surface area contributed by atoms with Crippen molar-refractivity contribution < 1.29 is 29.4 Å². The van der Waals surface area contributed by atoms with Crippen LogP contribution in [0, 0.1) is 10.8 Å². The first kappa shape index (κ1) is 18.8. The molecule has 1 aliphatic carbocycles. The maximum absolute atomic E-state index is 12.7. The molecule has 0 radical (unpaired) electrons. The number of nitrogens with one attached hydrogen (secondary N) is 1. The number of anilines is 1. The summed E-state index contributed by atoms with van der Waals surface area (Å²) in [7, 11) is 3.55. The van der Waals surface area contributed by atoms with Crippen molar-refractivity contribution in [2.45, 2.75) is 6.42 Å². The number of benzene rings is 1. The van der Waals surface area contributed by atoms with E-state index in [0.29, 0.717) is 11.3 Å². The number of fused-ring (bicyclic) bond motifs is 1. The van der Waals surface area contributed by atoms with Gasteiger partial charge in [0.25, 0.3) is 5.91 Å². The molecule has 3 N–H and O–H groups in total. The zero-order valence-electron chi connectivity index (χ0n) is 15.1. The highest BCUT2D eigenvalue weighted by molar-refractivity contribution is 6.00. The molecule has 1 saturated heterocycles. The lowest BCUT2D eigenvalue weighted by molar-refractivity contribution is -0.151. The fourth-order valence-corrected chi connectivity index (χ4v) is 3.80. The molecule has 1 heterocycles. The topological polar surface area (TPSA) is 127 Å². The second kappa shape index (κ2) is 6.34. The largest absolute Gasteiger partial charge is 0.481 e. The Hall–Kier alpha value is -2.94. The average molecular weight is 375 g/mol. The zero-order valence-corrected chi connectivity index (χ0v) is 15.1. The molecule has 9 heteroatoms. The molecule has 2 atom stereocenters. The minimum absolute atomic E-state index is 0.0469. The Kier molecular flexibility index (Phi) is 4.43. The van der Waals surface area contributed by atoms with Gasteiger partial charge in [-0.25, -0.2) is 0 Å². The molecular formula is C18H21N3O6. The van der Waals surface area contributed by atoms with Gasteiger partial charge in [0, 0.05) is 24.3 Å².